The van der Waals surface area contributed by atoms with E-state index in [2.05, 4.69) is 10.5 Å². The van der Waals surface area contributed by atoms with E-state index in [1.807, 2.05) is 0 Å². The summed E-state index contributed by atoms with van der Waals surface area (Å²) in [6, 6.07) is -0.416. The van der Waals surface area contributed by atoms with Crippen LogP contribution in [0.1, 0.15) is 28.2 Å². The summed E-state index contributed by atoms with van der Waals surface area (Å²) in [5.74, 6) is -0.912. The molecular weight excluding hydrogens is 300 g/mol. The summed E-state index contributed by atoms with van der Waals surface area (Å²) < 4.78 is 32.2. The van der Waals surface area contributed by atoms with Gasteiger partial charge in [-0.15, -0.1) is 0 Å². The van der Waals surface area contributed by atoms with Crippen molar-refractivity contribution in [3.05, 3.63) is 17.0 Å². The van der Waals surface area contributed by atoms with Crippen molar-refractivity contribution in [3.8, 4) is 0 Å². The Morgan fingerprint density at radius 1 is 1.43 bits per heavy atom. The van der Waals surface area contributed by atoms with Gasteiger partial charge < -0.3 is 14.6 Å². The van der Waals surface area contributed by atoms with E-state index in [4.69, 9.17) is 9.26 Å². The molecule has 0 aliphatic carbocycles. The first-order valence-electron chi connectivity index (χ1n) is 6.38. The quantitative estimate of drug-likeness (QED) is 0.761. The molecule has 1 saturated heterocycles. The molecule has 0 aromatic carbocycles. The third kappa shape index (κ3) is 3.81. The van der Waals surface area contributed by atoms with Gasteiger partial charge in [-0.2, -0.15) is 0 Å². The van der Waals surface area contributed by atoms with Gasteiger partial charge in [0.1, 0.15) is 11.3 Å². The highest BCUT2D eigenvalue weighted by Gasteiger charge is 2.29. The molecule has 0 spiro atoms. The lowest BCUT2D eigenvalue weighted by molar-refractivity contribution is -0.124. The van der Waals surface area contributed by atoms with Crippen molar-refractivity contribution in [2.24, 2.45) is 0 Å². The third-order valence-electron chi connectivity index (χ3n) is 3.17. The minimum Gasteiger partial charge on any atom is -0.452 e. The minimum atomic E-state index is -3.06. The van der Waals surface area contributed by atoms with Crippen LogP contribution in [-0.2, 0) is 19.4 Å². The van der Waals surface area contributed by atoms with Crippen LogP contribution in [0.5, 0.6) is 0 Å². The number of hydrogen-bond acceptors (Lipinski definition) is 7. The average molecular weight is 316 g/mol. The predicted molar refractivity (Wildman–Crippen MR) is 71.5 cm³/mol. The Balaban J connectivity index is 1.83. The summed E-state index contributed by atoms with van der Waals surface area (Å²) in [6.07, 6.45) is 0.381. The Morgan fingerprint density at radius 3 is 2.67 bits per heavy atom. The zero-order valence-electron chi connectivity index (χ0n) is 11.7. The zero-order chi connectivity index (χ0) is 15.6. The molecule has 8 nitrogen and oxygen atoms in total. The largest absolute Gasteiger partial charge is 0.452 e. The molecule has 1 atom stereocenters. The molecule has 0 saturated carbocycles. The fourth-order valence-corrected chi connectivity index (χ4v) is 3.83. The maximum atomic E-state index is 11.8. The fourth-order valence-electron chi connectivity index (χ4n) is 2.16. The van der Waals surface area contributed by atoms with E-state index < -0.39 is 34.4 Å². The van der Waals surface area contributed by atoms with Crippen LogP contribution in [0.15, 0.2) is 4.52 Å². The van der Waals surface area contributed by atoms with Crippen LogP contribution in [0.2, 0.25) is 0 Å². The molecular formula is C12H16N2O6S. The third-order valence-corrected chi connectivity index (χ3v) is 4.94. The highest BCUT2D eigenvalue weighted by atomic mass is 32.2. The second-order valence-electron chi connectivity index (χ2n) is 4.94. The summed E-state index contributed by atoms with van der Waals surface area (Å²) in [6.45, 7) is 2.69. The average Bonchev–Trinajstić information content (AvgIpc) is 2.89. The van der Waals surface area contributed by atoms with Gasteiger partial charge in [-0.1, -0.05) is 5.16 Å². The van der Waals surface area contributed by atoms with Crippen LogP contribution in [-0.4, -0.2) is 49.6 Å². The molecule has 116 valence electrons. The molecule has 1 aromatic heterocycles. The maximum Gasteiger partial charge on any atom is 0.344 e. The molecule has 1 amide bonds. The van der Waals surface area contributed by atoms with Crippen molar-refractivity contribution in [2.75, 3.05) is 18.1 Å². The smallest absolute Gasteiger partial charge is 0.344 e. The van der Waals surface area contributed by atoms with Gasteiger partial charge in [0.05, 0.1) is 17.2 Å². The minimum absolute atomic E-state index is 0.0663. The highest BCUT2D eigenvalue weighted by molar-refractivity contribution is 7.91. The van der Waals surface area contributed by atoms with Gasteiger partial charge in [0.15, 0.2) is 16.4 Å². The summed E-state index contributed by atoms with van der Waals surface area (Å²) in [5.41, 5.74) is 0.589. The first-order chi connectivity index (χ1) is 9.78. The topological polar surface area (TPSA) is 116 Å². The number of amides is 1. The number of carbonyl (C=O) groups is 2. The van der Waals surface area contributed by atoms with E-state index >= 15 is 0 Å². The van der Waals surface area contributed by atoms with Crippen LogP contribution >= 0.6 is 0 Å². The molecule has 2 heterocycles. The van der Waals surface area contributed by atoms with Crippen LogP contribution < -0.4 is 5.32 Å². The van der Waals surface area contributed by atoms with E-state index in [-0.39, 0.29) is 17.1 Å². The number of hydrogen-bond donors (Lipinski definition) is 1. The summed E-state index contributed by atoms with van der Waals surface area (Å²) in [7, 11) is -3.06. The molecule has 0 unspecified atom stereocenters. The molecule has 2 rings (SSSR count). The number of nitrogens with zero attached hydrogens (tertiary/aromatic N) is 1. The number of ether oxygens (including phenoxy) is 1. The van der Waals surface area contributed by atoms with Crippen LogP contribution in [0.4, 0.5) is 0 Å². The van der Waals surface area contributed by atoms with Gasteiger partial charge >= 0.3 is 5.97 Å². The highest BCUT2D eigenvalue weighted by Crippen LogP contribution is 2.14. The van der Waals surface area contributed by atoms with Gasteiger partial charge in [-0.25, -0.2) is 13.2 Å². The Hall–Kier alpha value is -1.90. The van der Waals surface area contributed by atoms with Gasteiger partial charge in [0.2, 0.25) is 0 Å². The van der Waals surface area contributed by atoms with Gasteiger partial charge in [-0.05, 0) is 20.3 Å². The molecule has 0 radical (unpaired) electrons. The number of aryl methyl sites for hydroxylation is 2. The molecule has 1 aliphatic rings. The van der Waals surface area contributed by atoms with Crippen molar-refractivity contribution in [1.82, 2.24) is 10.5 Å². The lowest BCUT2D eigenvalue weighted by Crippen LogP contribution is -2.38. The normalized spacial score (nSPS) is 20.2. The number of nitrogens with one attached hydrogen (secondary N) is 1. The molecule has 9 heteroatoms. The second-order valence-corrected chi connectivity index (χ2v) is 7.17. The standard InChI is InChI=1S/C12H16N2O6S/c1-7-11(8(2)20-14-7)12(16)19-5-10(15)13-9-3-4-21(17,18)6-9/h9H,3-6H2,1-2H3,(H,13,15)/t9-/m1/s1. The maximum absolute atomic E-state index is 11.8. The van der Waals surface area contributed by atoms with Crippen LogP contribution in [0.3, 0.4) is 0 Å². The molecule has 1 fully saturated rings. The fraction of sp³-hybridized carbons (Fsp3) is 0.583. The molecule has 1 aliphatic heterocycles. The Bertz CT molecular complexity index is 644. The van der Waals surface area contributed by atoms with Gasteiger partial charge in [0, 0.05) is 6.04 Å². The van der Waals surface area contributed by atoms with Gasteiger partial charge in [-0.3, -0.25) is 4.79 Å². The summed E-state index contributed by atoms with van der Waals surface area (Å²) in [4.78, 5) is 23.4. The first-order valence-corrected chi connectivity index (χ1v) is 8.20. The van der Waals surface area contributed by atoms with E-state index in [9.17, 15) is 18.0 Å². The van der Waals surface area contributed by atoms with Crippen molar-refractivity contribution in [3.63, 3.8) is 0 Å². The lowest BCUT2D eigenvalue weighted by atomic mass is 10.2. The van der Waals surface area contributed by atoms with Gasteiger partial charge in [0.25, 0.3) is 5.91 Å². The number of carbonyl (C=O) groups excluding carboxylic acids is 2. The first kappa shape index (κ1) is 15.5. The van der Waals surface area contributed by atoms with E-state index in [1.165, 1.54) is 0 Å². The number of aromatic nitrogens is 1. The molecule has 1 aromatic rings. The number of esters is 1. The Kier molecular flexibility index (Phi) is 4.31. The molecule has 0 bridgehead atoms. The Labute approximate surface area is 121 Å². The zero-order valence-corrected chi connectivity index (χ0v) is 12.5. The predicted octanol–water partition coefficient (Wildman–Crippen LogP) is -0.248. The number of sulfone groups is 1. The number of rotatable bonds is 4. The Morgan fingerprint density at radius 2 is 2.14 bits per heavy atom. The monoisotopic (exact) mass is 316 g/mol. The van der Waals surface area contributed by atoms with Crippen molar-refractivity contribution in [1.29, 1.82) is 0 Å². The summed E-state index contributed by atoms with van der Waals surface area (Å²) in [5, 5.41) is 6.15. The summed E-state index contributed by atoms with van der Waals surface area (Å²) >= 11 is 0. The van der Waals surface area contributed by atoms with Crippen molar-refractivity contribution in [2.45, 2.75) is 26.3 Å². The SMILES string of the molecule is Cc1noc(C)c1C(=O)OCC(=O)N[C@@H]1CCS(=O)(=O)C1. The van der Waals surface area contributed by atoms with Crippen LogP contribution in [0, 0.1) is 13.8 Å². The molecule has 21 heavy (non-hydrogen) atoms. The molecule has 1 N–H and O–H groups in total. The lowest BCUT2D eigenvalue weighted by Gasteiger charge is -2.10. The second kappa shape index (κ2) is 5.84. The van der Waals surface area contributed by atoms with Crippen molar-refractivity contribution < 1.29 is 27.3 Å². The van der Waals surface area contributed by atoms with E-state index in [0.717, 1.165) is 0 Å². The van der Waals surface area contributed by atoms with Crippen LogP contribution in [0.25, 0.3) is 0 Å². The van der Waals surface area contributed by atoms with Crippen molar-refractivity contribution >= 4 is 21.7 Å². The van der Waals surface area contributed by atoms with E-state index in [1.54, 1.807) is 13.8 Å². The van der Waals surface area contributed by atoms with E-state index in [0.29, 0.717) is 17.9 Å².